The Kier molecular flexibility index (Phi) is 7.14. The van der Waals surface area contributed by atoms with E-state index < -0.39 is 29.3 Å². The maximum atomic E-state index is 12.9. The zero-order chi connectivity index (χ0) is 26.6. The average Bonchev–Trinajstić information content (AvgIpc) is 2.82. The molecule has 3 amide bonds. The van der Waals surface area contributed by atoms with E-state index in [1.165, 1.54) is 30.3 Å². The fourth-order valence-electron chi connectivity index (χ4n) is 3.53. The van der Waals surface area contributed by atoms with Crippen LogP contribution < -0.4 is 21.6 Å². The number of benzene rings is 3. The number of phenolic OH excluding ortho intramolecular Hbond substituents is 1. The van der Waals surface area contributed by atoms with Crippen LogP contribution in [0, 0.1) is 0 Å². The minimum atomic E-state index is -4.54. The molecule has 0 bridgehead atoms. The molecule has 8 nitrogen and oxygen atoms in total. The van der Waals surface area contributed by atoms with Crippen molar-refractivity contribution in [1.82, 2.24) is 0 Å². The average molecular weight is 511 g/mol. The molecular weight excluding hydrogens is 491 g/mol. The molecule has 0 aliphatic carbocycles. The van der Waals surface area contributed by atoms with Gasteiger partial charge in [0.05, 0.1) is 5.56 Å². The summed E-state index contributed by atoms with van der Waals surface area (Å²) in [5.41, 5.74) is -0.343. The summed E-state index contributed by atoms with van der Waals surface area (Å²) in [5.74, 6) is -0.427. The van der Waals surface area contributed by atoms with E-state index in [0.29, 0.717) is 22.3 Å². The Bertz CT molecular complexity index is 1530. The molecular formula is C26H20F3N3O5. The highest BCUT2D eigenvalue weighted by atomic mass is 19.4. The van der Waals surface area contributed by atoms with Gasteiger partial charge in [-0.2, -0.15) is 13.2 Å². The highest BCUT2D eigenvalue weighted by molar-refractivity contribution is 6.00. The Labute approximate surface area is 207 Å². The van der Waals surface area contributed by atoms with Gasteiger partial charge in [-0.05, 0) is 61.0 Å². The van der Waals surface area contributed by atoms with E-state index in [4.69, 9.17) is 4.42 Å². The molecule has 0 saturated carbocycles. The van der Waals surface area contributed by atoms with E-state index in [1.54, 1.807) is 30.3 Å². The Morgan fingerprint density at radius 3 is 2.19 bits per heavy atom. The summed E-state index contributed by atoms with van der Waals surface area (Å²) in [5, 5.41) is 17.6. The van der Waals surface area contributed by atoms with E-state index >= 15 is 0 Å². The third-order valence-electron chi connectivity index (χ3n) is 5.27. The quantitative estimate of drug-likeness (QED) is 0.246. The molecule has 4 rings (SSSR count). The summed E-state index contributed by atoms with van der Waals surface area (Å²) in [6.45, 7) is 0. The molecule has 0 radical (unpaired) electrons. The van der Waals surface area contributed by atoms with Crippen molar-refractivity contribution >= 4 is 40.0 Å². The third-order valence-corrected chi connectivity index (χ3v) is 5.27. The molecule has 0 saturated heterocycles. The number of halogens is 3. The first-order chi connectivity index (χ1) is 17.6. The SMILES string of the molecule is O=C(CCc1cc2ccc(O)cc2oc1=O)Nc1cccc(NC(=O)Nc2cccc(C(F)(F)F)c2)c1. The number of amides is 3. The van der Waals surface area contributed by atoms with Crippen molar-refractivity contribution in [2.75, 3.05) is 16.0 Å². The van der Waals surface area contributed by atoms with Gasteiger partial charge in [-0.3, -0.25) is 4.79 Å². The van der Waals surface area contributed by atoms with E-state index in [2.05, 4.69) is 16.0 Å². The van der Waals surface area contributed by atoms with Crippen LogP contribution in [0.15, 0.2) is 82.0 Å². The molecule has 37 heavy (non-hydrogen) atoms. The standard InChI is InChI=1S/C26H20F3N3O5/c27-26(28,29)17-3-1-4-18(12-17)31-25(36)32-20-6-2-5-19(13-20)30-23(34)10-8-16-11-15-7-9-21(33)14-22(15)37-24(16)35/h1-7,9,11-14,33H,8,10H2,(H,30,34)(H2,31,32,36). The number of urea groups is 1. The van der Waals surface area contributed by atoms with Crippen molar-refractivity contribution in [3.05, 3.63) is 94.3 Å². The van der Waals surface area contributed by atoms with Crippen molar-refractivity contribution in [2.24, 2.45) is 0 Å². The number of aromatic hydroxyl groups is 1. The van der Waals surface area contributed by atoms with Crippen LogP contribution in [0.5, 0.6) is 5.75 Å². The Morgan fingerprint density at radius 2 is 1.49 bits per heavy atom. The number of fused-ring (bicyclic) bond motifs is 1. The summed E-state index contributed by atoms with van der Waals surface area (Å²) in [6, 6.07) is 15.6. The summed E-state index contributed by atoms with van der Waals surface area (Å²) >= 11 is 0. The number of carbonyl (C=O) groups excluding carboxylic acids is 2. The topological polar surface area (TPSA) is 121 Å². The molecule has 3 aromatic carbocycles. The molecule has 4 aromatic rings. The van der Waals surface area contributed by atoms with Crippen LogP contribution in [0.3, 0.4) is 0 Å². The van der Waals surface area contributed by atoms with Crippen molar-refractivity contribution in [2.45, 2.75) is 19.0 Å². The van der Waals surface area contributed by atoms with Gasteiger partial charge < -0.3 is 25.5 Å². The normalized spacial score (nSPS) is 11.2. The van der Waals surface area contributed by atoms with Crippen LogP contribution in [0.4, 0.5) is 35.0 Å². The molecule has 0 fully saturated rings. The van der Waals surface area contributed by atoms with Gasteiger partial charge >= 0.3 is 17.8 Å². The van der Waals surface area contributed by atoms with Crippen LogP contribution in [-0.4, -0.2) is 17.0 Å². The van der Waals surface area contributed by atoms with E-state index in [9.17, 15) is 32.7 Å². The van der Waals surface area contributed by atoms with Crippen LogP contribution in [0.25, 0.3) is 11.0 Å². The van der Waals surface area contributed by atoms with Crippen molar-refractivity contribution in [1.29, 1.82) is 0 Å². The first-order valence-corrected chi connectivity index (χ1v) is 11.0. The second-order valence-electron chi connectivity index (χ2n) is 8.07. The number of anilines is 3. The Morgan fingerprint density at radius 1 is 0.838 bits per heavy atom. The Hall–Kier alpha value is -4.80. The van der Waals surface area contributed by atoms with E-state index in [-0.39, 0.29) is 29.9 Å². The molecule has 0 aliphatic rings. The molecule has 190 valence electrons. The van der Waals surface area contributed by atoms with Crippen molar-refractivity contribution in [3.8, 4) is 5.75 Å². The summed E-state index contributed by atoms with van der Waals surface area (Å²) in [7, 11) is 0. The fourth-order valence-corrected chi connectivity index (χ4v) is 3.53. The van der Waals surface area contributed by atoms with Crippen molar-refractivity contribution in [3.63, 3.8) is 0 Å². The summed E-state index contributed by atoms with van der Waals surface area (Å²) in [6.07, 6.45) is -4.45. The van der Waals surface area contributed by atoms with Crippen LogP contribution in [-0.2, 0) is 17.4 Å². The first-order valence-electron chi connectivity index (χ1n) is 11.0. The summed E-state index contributed by atoms with van der Waals surface area (Å²) in [4.78, 5) is 36.8. The second-order valence-corrected chi connectivity index (χ2v) is 8.07. The number of nitrogens with one attached hydrogen (secondary N) is 3. The predicted molar refractivity (Wildman–Crippen MR) is 132 cm³/mol. The van der Waals surface area contributed by atoms with Crippen molar-refractivity contribution < 1.29 is 32.3 Å². The largest absolute Gasteiger partial charge is 0.508 e. The number of phenols is 1. The van der Waals surface area contributed by atoms with Gasteiger partial charge in [0.15, 0.2) is 0 Å². The predicted octanol–water partition coefficient (Wildman–Crippen LogP) is 5.73. The van der Waals surface area contributed by atoms with Gasteiger partial charge in [0.1, 0.15) is 11.3 Å². The molecule has 11 heteroatoms. The highest BCUT2D eigenvalue weighted by Crippen LogP contribution is 2.30. The lowest BCUT2D eigenvalue weighted by Gasteiger charge is -2.12. The maximum Gasteiger partial charge on any atom is 0.416 e. The summed E-state index contributed by atoms with van der Waals surface area (Å²) < 4.78 is 43.8. The lowest BCUT2D eigenvalue weighted by molar-refractivity contribution is -0.137. The van der Waals surface area contributed by atoms with Crippen LogP contribution in [0.2, 0.25) is 0 Å². The molecule has 0 unspecified atom stereocenters. The van der Waals surface area contributed by atoms with Crippen LogP contribution in [0.1, 0.15) is 17.5 Å². The van der Waals surface area contributed by atoms with E-state index in [0.717, 1.165) is 12.1 Å². The van der Waals surface area contributed by atoms with Gasteiger partial charge in [-0.15, -0.1) is 0 Å². The smallest absolute Gasteiger partial charge is 0.416 e. The van der Waals surface area contributed by atoms with Gasteiger partial charge in [0.2, 0.25) is 5.91 Å². The lowest BCUT2D eigenvalue weighted by Crippen LogP contribution is -2.20. The Balaban J connectivity index is 1.34. The van der Waals surface area contributed by atoms with E-state index in [1.807, 2.05) is 0 Å². The number of hydrogen-bond acceptors (Lipinski definition) is 5. The number of rotatable bonds is 6. The molecule has 4 N–H and O–H groups in total. The van der Waals surface area contributed by atoms with Crippen LogP contribution >= 0.6 is 0 Å². The molecule has 0 aliphatic heterocycles. The van der Waals surface area contributed by atoms with Gasteiger partial charge in [-0.1, -0.05) is 12.1 Å². The monoisotopic (exact) mass is 511 g/mol. The number of aryl methyl sites for hydroxylation is 1. The molecule has 1 aromatic heterocycles. The van der Waals surface area contributed by atoms with Gasteiger partial charge in [0.25, 0.3) is 0 Å². The zero-order valence-electron chi connectivity index (χ0n) is 19.1. The molecule has 1 heterocycles. The highest BCUT2D eigenvalue weighted by Gasteiger charge is 2.30. The minimum Gasteiger partial charge on any atom is -0.508 e. The minimum absolute atomic E-state index is 0.0258. The lowest BCUT2D eigenvalue weighted by atomic mass is 10.1. The maximum absolute atomic E-state index is 12.9. The number of carbonyl (C=O) groups is 2. The fraction of sp³-hybridized carbons (Fsp3) is 0.115. The number of alkyl halides is 3. The third kappa shape index (κ3) is 6.66. The molecule has 0 spiro atoms. The van der Waals surface area contributed by atoms with Gasteiger partial charge in [0, 0.05) is 40.5 Å². The van der Waals surface area contributed by atoms with Gasteiger partial charge in [-0.25, -0.2) is 9.59 Å². The first kappa shape index (κ1) is 25.3. The number of hydrogen-bond donors (Lipinski definition) is 4. The second kappa shape index (κ2) is 10.4. The molecule has 0 atom stereocenters. The zero-order valence-corrected chi connectivity index (χ0v) is 19.1.